The van der Waals surface area contributed by atoms with E-state index in [4.69, 9.17) is 10.5 Å². The second-order valence-electron chi connectivity index (χ2n) is 4.25. The molecule has 1 aromatic heterocycles. The predicted octanol–water partition coefficient (Wildman–Crippen LogP) is 0.522. The molecular weight excluding hydrogens is 258 g/mol. The highest BCUT2D eigenvalue weighted by Crippen LogP contribution is 2.15. The van der Waals surface area contributed by atoms with E-state index in [2.05, 4.69) is 15.6 Å². The highest BCUT2D eigenvalue weighted by Gasteiger charge is 2.08. The van der Waals surface area contributed by atoms with Gasteiger partial charge in [-0.2, -0.15) is 0 Å². The summed E-state index contributed by atoms with van der Waals surface area (Å²) in [7, 11) is 1.61. The van der Waals surface area contributed by atoms with Crippen molar-refractivity contribution in [3.8, 4) is 0 Å². The molecule has 0 aliphatic rings. The van der Waals surface area contributed by atoms with E-state index in [1.54, 1.807) is 13.3 Å². The zero-order chi connectivity index (χ0) is 14.4. The Bertz CT molecular complexity index is 582. The number of carbonyl (C=O) groups is 1. The van der Waals surface area contributed by atoms with Gasteiger partial charge in [0, 0.05) is 24.9 Å². The number of methoxy groups -OCH3 is 1. The molecule has 2 aromatic rings. The molecular formula is C13H17N5O2. The lowest BCUT2D eigenvalue weighted by atomic mass is 10.2. The quantitative estimate of drug-likeness (QED) is 0.801. The van der Waals surface area contributed by atoms with Gasteiger partial charge in [0.2, 0.25) is 5.91 Å². The fourth-order valence-electron chi connectivity index (χ4n) is 1.77. The number of aromatic nitrogens is 3. The average molecular weight is 275 g/mol. The van der Waals surface area contributed by atoms with Crippen molar-refractivity contribution >= 4 is 11.6 Å². The Balaban J connectivity index is 2.00. The van der Waals surface area contributed by atoms with Crippen LogP contribution in [0.5, 0.6) is 0 Å². The molecule has 0 fully saturated rings. The summed E-state index contributed by atoms with van der Waals surface area (Å²) < 4.78 is 6.55. The first-order valence-electron chi connectivity index (χ1n) is 6.18. The van der Waals surface area contributed by atoms with E-state index in [0.717, 1.165) is 11.3 Å². The van der Waals surface area contributed by atoms with Crippen LogP contribution in [0.15, 0.2) is 30.5 Å². The van der Waals surface area contributed by atoms with Crippen LogP contribution in [0.1, 0.15) is 11.3 Å². The number of hydrogen-bond donors (Lipinski definition) is 2. The van der Waals surface area contributed by atoms with Gasteiger partial charge in [0.05, 0.1) is 18.5 Å². The minimum atomic E-state index is -0.179. The molecule has 7 nitrogen and oxygen atoms in total. The molecule has 0 unspecified atom stereocenters. The minimum absolute atomic E-state index is 0.0916. The SMILES string of the molecule is COCc1ccccc1NC(=O)Cn1cc(CN)nn1. The Morgan fingerprint density at radius 3 is 2.95 bits per heavy atom. The van der Waals surface area contributed by atoms with Gasteiger partial charge in [0.15, 0.2) is 0 Å². The first-order valence-corrected chi connectivity index (χ1v) is 6.18. The maximum absolute atomic E-state index is 12.0. The lowest BCUT2D eigenvalue weighted by Gasteiger charge is -2.10. The minimum Gasteiger partial charge on any atom is -0.380 e. The van der Waals surface area contributed by atoms with E-state index in [1.165, 1.54) is 4.68 Å². The van der Waals surface area contributed by atoms with Crippen molar-refractivity contribution < 1.29 is 9.53 Å². The van der Waals surface area contributed by atoms with Crippen LogP contribution >= 0.6 is 0 Å². The number of nitrogens with zero attached hydrogens (tertiary/aromatic N) is 3. The zero-order valence-corrected chi connectivity index (χ0v) is 11.2. The number of ether oxygens (including phenoxy) is 1. The third-order valence-electron chi connectivity index (χ3n) is 2.69. The number of carbonyl (C=O) groups excluding carboxylic acids is 1. The van der Waals surface area contributed by atoms with Crippen LogP contribution < -0.4 is 11.1 Å². The van der Waals surface area contributed by atoms with E-state index in [9.17, 15) is 4.79 Å². The van der Waals surface area contributed by atoms with Crippen molar-refractivity contribution in [3.05, 3.63) is 41.7 Å². The Morgan fingerprint density at radius 1 is 1.45 bits per heavy atom. The summed E-state index contributed by atoms with van der Waals surface area (Å²) in [5.41, 5.74) is 7.75. The smallest absolute Gasteiger partial charge is 0.246 e. The lowest BCUT2D eigenvalue weighted by molar-refractivity contribution is -0.116. The molecule has 7 heteroatoms. The second kappa shape index (κ2) is 6.78. The normalized spacial score (nSPS) is 10.5. The molecule has 0 spiro atoms. The lowest BCUT2D eigenvalue weighted by Crippen LogP contribution is -2.20. The summed E-state index contributed by atoms with van der Waals surface area (Å²) in [6, 6.07) is 7.49. The summed E-state index contributed by atoms with van der Waals surface area (Å²) >= 11 is 0. The van der Waals surface area contributed by atoms with Crippen molar-refractivity contribution in [2.45, 2.75) is 19.7 Å². The van der Waals surface area contributed by atoms with Crippen molar-refractivity contribution in [1.82, 2.24) is 15.0 Å². The van der Waals surface area contributed by atoms with Crippen LogP contribution in [0, 0.1) is 0 Å². The molecule has 1 amide bonds. The number of anilines is 1. The maximum atomic E-state index is 12.0. The standard InChI is InChI=1S/C13H17N5O2/c1-20-9-10-4-2-3-5-12(10)15-13(19)8-18-7-11(6-14)16-17-18/h2-5,7H,6,8-9,14H2,1H3,(H,15,19). The average Bonchev–Trinajstić information content (AvgIpc) is 2.89. The third-order valence-corrected chi connectivity index (χ3v) is 2.69. The Kier molecular flexibility index (Phi) is 4.80. The summed E-state index contributed by atoms with van der Waals surface area (Å²) in [5.74, 6) is -0.179. The van der Waals surface area contributed by atoms with Crippen molar-refractivity contribution in [1.29, 1.82) is 0 Å². The van der Waals surface area contributed by atoms with Crippen LogP contribution in [0.2, 0.25) is 0 Å². The van der Waals surface area contributed by atoms with E-state index in [1.807, 2.05) is 24.3 Å². The van der Waals surface area contributed by atoms with Gasteiger partial charge >= 0.3 is 0 Å². The Morgan fingerprint density at radius 2 is 2.25 bits per heavy atom. The van der Waals surface area contributed by atoms with Crippen LogP contribution in [0.25, 0.3) is 0 Å². The number of nitrogens with two attached hydrogens (primary N) is 1. The van der Waals surface area contributed by atoms with Crippen LogP contribution in [0.4, 0.5) is 5.69 Å². The first-order chi connectivity index (χ1) is 9.72. The molecule has 3 N–H and O–H groups in total. The van der Waals surface area contributed by atoms with Gasteiger partial charge in [-0.25, -0.2) is 4.68 Å². The summed E-state index contributed by atoms with van der Waals surface area (Å²) in [6.07, 6.45) is 1.65. The van der Waals surface area contributed by atoms with E-state index < -0.39 is 0 Å². The first kappa shape index (κ1) is 14.2. The van der Waals surface area contributed by atoms with Crippen LogP contribution in [-0.4, -0.2) is 28.0 Å². The Hall–Kier alpha value is -2.25. The molecule has 2 rings (SSSR count). The summed E-state index contributed by atoms with van der Waals surface area (Å²) in [5, 5.41) is 10.5. The van der Waals surface area contributed by atoms with Gasteiger partial charge in [0.25, 0.3) is 0 Å². The predicted molar refractivity (Wildman–Crippen MR) is 73.7 cm³/mol. The largest absolute Gasteiger partial charge is 0.380 e. The molecule has 106 valence electrons. The van der Waals surface area contributed by atoms with Crippen molar-refractivity contribution in [3.63, 3.8) is 0 Å². The number of benzene rings is 1. The van der Waals surface area contributed by atoms with E-state index in [-0.39, 0.29) is 12.5 Å². The van der Waals surface area contributed by atoms with Gasteiger partial charge < -0.3 is 15.8 Å². The zero-order valence-electron chi connectivity index (χ0n) is 11.2. The highest BCUT2D eigenvalue weighted by molar-refractivity contribution is 5.91. The Labute approximate surface area is 116 Å². The molecule has 20 heavy (non-hydrogen) atoms. The molecule has 1 aromatic carbocycles. The molecule has 1 heterocycles. The van der Waals surface area contributed by atoms with Gasteiger partial charge in [0.1, 0.15) is 6.54 Å². The van der Waals surface area contributed by atoms with Gasteiger partial charge in [-0.1, -0.05) is 23.4 Å². The van der Waals surface area contributed by atoms with Gasteiger partial charge in [-0.3, -0.25) is 4.79 Å². The third kappa shape index (κ3) is 3.62. The number of amides is 1. The van der Waals surface area contributed by atoms with Crippen molar-refractivity contribution in [2.24, 2.45) is 5.73 Å². The van der Waals surface area contributed by atoms with Crippen LogP contribution in [0.3, 0.4) is 0 Å². The summed E-state index contributed by atoms with van der Waals surface area (Å²) in [6.45, 7) is 0.837. The maximum Gasteiger partial charge on any atom is 0.246 e. The highest BCUT2D eigenvalue weighted by atomic mass is 16.5. The molecule has 0 bridgehead atoms. The number of hydrogen-bond acceptors (Lipinski definition) is 5. The fraction of sp³-hybridized carbons (Fsp3) is 0.308. The summed E-state index contributed by atoms with van der Waals surface area (Å²) in [4.78, 5) is 12.0. The molecule has 0 atom stereocenters. The van der Waals surface area contributed by atoms with Gasteiger partial charge in [-0.05, 0) is 6.07 Å². The monoisotopic (exact) mass is 275 g/mol. The van der Waals surface area contributed by atoms with E-state index >= 15 is 0 Å². The molecule has 0 radical (unpaired) electrons. The number of nitrogens with one attached hydrogen (secondary N) is 1. The molecule has 0 saturated heterocycles. The number of para-hydroxylation sites is 1. The van der Waals surface area contributed by atoms with Crippen molar-refractivity contribution in [2.75, 3.05) is 12.4 Å². The molecule has 0 saturated carbocycles. The molecule has 0 aliphatic heterocycles. The molecule has 0 aliphatic carbocycles. The van der Waals surface area contributed by atoms with Crippen LogP contribution in [-0.2, 0) is 29.2 Å². The fourth-order valence-corrected chi connectivity index (χ4v) is 1.77. The van der Waals surface area contributed by atoms with Gasteiger partial charge in [-0.15, -0.1) is 5.10 Å². The second-order valence-corrected chi connectivity index (χ2v) is 4.25. The number of rotatable bonds is 6. The topological polar surface area (TPSA) is 95.1 Å². The van der Waals surface area contributed by atoms with E-state index in [0.29, 0.717) is 18.8 Å².